The number of ether oxygens (including phenoxy) is 2. The summed E-state index contributed by atoms with van der Waals surface area (Å²) in [6.45, 7) is 8.67. The van der Waals surface area contributed by atoms with Crippen LogP contribution in [0, 0.1) is 13.8 Å². The molecular formula is C23H21Cl2NO3S2. The van der Waals surface area contributed by atoms with Crippen molar-refractivity contribution in [1.82, 2.24) is 4.90 Å². The molecule has 31 heavy (non-hydrogen) atoms. The molecule has 0 bridgehead atoms. The molecule has 8 heteroatoms. The predicted molar refractivity (Wildman–Crippen MR) is 133 cm³/mol. The highest BCUT2D eigenvalue weighted by Crippen LogP contribution is 2.38. The SMILES string of the molecule is C=CCN1C(=O)C(=Cc2cc(Cl)cc(Cl)c2OCCOc2cc(C)cc(C)c2)SC1=S. The minimum absolute atomic E-state index is 0.185. The van der Waals surface area contributed by atoms with E-state index >= 15 is 0 Å². The van der Waals surface area contributed by atoms with Crippen molar-refractivity contribution in [1.29, 1.82) is 0 Å². The van der Waals surface area contributed by atoms with Gasteiger partial charge in [0.05, 0.1) is 9.93 Å². The number of thiocarbonyl (C=S) groups is 1. The van der Waals surface area contributed by atoms with E-state index in [4.69, 9.17) is 44.9 Å². The lowest BCUT2D eigenvalue weighted by Gasteiger charge is -2.14. The van der Waals surface area contributed by atoms with Gasteiger partial charge in [-0.3, -0.25) is 9.69 Å². The molecule has 1 aliphatic heterocycles. The Labute approximate surface area is 201 Å². The van der Waals surface area contributed by atoms with Crippen LogP contribution in [0.5, 0.6) is 11.5 Å². The quantitative estimate of drug-likeness (QED) is 0.182. The smallest absolute Gasteiger partial charge is 0.266 e. The van der Waals surface area contributed by atoms with Crippen LogP contribution in [0.3, 0.4) is 0 Å². The minimum Gasteiger partial charge on any atom is -0.490 e. The molecule has 162 valence electrons. The summed E-state index contributed by atoms with van der Waals surface area (Å²) in [4.78, 5) is 14.6. The van der Waals surface area contributed by atoms with Crippen molar-refractivity contribution >= 4 is 63.5 Å². The van der Waals surface area contributed by atoms with Crippen LogP contribution in [0.15, 0.2) is 47.9 Å². The molecule has 1 saturated heterocycles. The second kappa shape index (κ2) is 10.6. The second-order valence-corrected chi connectivity index (χ2v) is 9.43. The summed E-state index contributed by atoms with van der Waals surface area (Å²) in [6.07, 6.45) is 3.33. The average Bonchev–Trinajstić information content (AvgIpc) is 2.93. The number of nitrogens with zero attached hydrogens (tertiary/aromatic N) is 1. The molecule has 2 aromatic carbocycles. The summed E-state index contributed by atoms with van der Waals surface area (Å²) in [5.74, 6) is 1.04. The number of hydrogen-bond acceptors (Lipinski definition) is 5. The van der Waals surface area contributed by atoms with Crippen molar-refractivity contribution in [3.05, 3.63) is 74.6 Å². The zero-order valence-electron chi connectivity index (χ0n) is 17.1. The number of carbonyl (C=O) groups is 1. The number of thioether (sulfide) groups is 1. The molecule has 1 fully saturated rings. The maximum Gasteiger partial charge on any atom is 0.266 e. The van der Waals surface area contributed by atoms with Crippen LogP contribution < -0.4 is 9.47 Å². The first-order valence-corrected chi connectivity index (χ1v) is 11.5. The molecule has 0 radical (unpaired) electrons. The standard InChI is InChI=1S/C23H21Cl2NO3S2/c1-4-5-26-22(27)20(31-23(26)30)12-16-11-17(24)13-19(25)21(16)29-7-6-28-18-9-14(2)8-15(3)10-18/h4,8-13H,1,5-7H2,2-3H3. The average molecular weight is 494 g/mol. The topological polar surface area (TPSA) is 38.8 Å². The normalized spacial score (nSPS) is 15.0. The van der Waals surface area contributed by atoms with Crippen LogP contribution >= 0.6 is 47.2 Å². The lowest BCUT2D eigenvalue weighted by molar-refractivity contribution is -0.121. The summed E-state index contributed by atoms with van der Waals surface area (Å²) in [5.41, 5.74) is 2.86. The van der Waals surface area contributed by atoms with E-state index in [0.29, 0.717) is 43.7 Å². The first-order valence-electron chi connectivity index (χ1n) is 9.47. The van der Waals surface area contributed by atoms with Gasteiger partial charge in [0.2, 0.25) is 0 Å². The Morgan fingerprint density at radius 2 is 1.77 bits per heavy atom. The van der Waals surface area contributed by atoms with E-state index in [-0.39, 0.29) is 12.5 Å². The largest absolute Gasteiger partial charge is 0.490 e. The van der Waals surface area contributed by atoms with E-state index < -0.39 is 0 Å². The Morgan fingerprint density at radius 1 is 1.10 bits per heavy atom. The fourth-order valence-corrected chi connectivity index (χ4v) is 4.92. The van der Waals surface area contributed by atoms with Crippen LogP contribution in [-0.2, 0) is 4.79 Å². The molecule has 0 aromatic heterocycles. The Bertz CT molecular complexity index is 1050. The van der Waals surface area contributed by atoms with Gasteiger partial charge in [0, 0.05) is 17.1 Å². The summed E-state index contributed by atoms with van der Waals surface area (Å²) >= 11 is 19.1. The number of hydrogen-bond donors (Lipinski definition) is 0. The molecule has 2 aromatic rings. The van der Waals surface area contributed by atoms with Crippen LogP contribution in [0.1, 0.15) is 16.7 Å². The van der Waals surface area contributed by atoms with Gasteiger partial charge in [-0.05, 0) is 55.3 Å². The molecule has 4 nitrogen and oxygen atoms in total. The predicted octanol–water partition coefficient (Wildman–Crippen LogP) is 6.46. The Hall–Kier alpha value is -1.99. The number of aryl methyl sites for hydroxylation is 2. The van der Waals surface area contributed by atoms with E-state index in [1.54, 1.807) is 24.3 Å². The number of amides is 1. The highest BCUT2D eigenvalue weighted by atomic mass is 35.5. The fourth-order valence-electron chi connectivity index (χ4n) is 3.09. The molecule has 0 atom stereocenters. The van der Waals surface area contributed by atoms with Crippen LogP contribution in [0.2, 0.25) is 10.0 Å². The van der Waals surface area contributed by atoms with Crippen LogP contribution in [0.25, 0.3) is 6.08 Å². The first kappa shape index (κ1) is 23.7. The molecule has 0 N–H and O–H groups in total. The van der Waals surface area contributed by atoms with Gasteiger partial charge in [0.15, 0.2) is 0 Å². The third-order valence-corrected chi connectivity index (χ3v) is 6.18. The molecule has 1 heterocycles. The highest BCUT2D eigenvalue weighted by molar-refractivity contribution is 8.26. The van der Waals surface area contributed by atoms with Crippen molar-refractivity contribution in [2.75, 3.05) is 19.8 Å². The van der Waals surface area contributed by atoms with E-state index in [0.717, 1.165) is 16.9 Å². The monoisotopic (exact) mass is 493 g/mol. The molecular weight excluding hydrogens is 473 g/mol. The van der Waals surface area contributed by atoms with E-state index in [2.05, 4.69) is 12.6 Å². The van der Waals surface area contributed by atoms with Gasteiger partial charge >= 0.3 is 0 Å². The van der Waals surface area contributed by atoms with Gasteiger partial charge in [-0.15, -0.1) is 6.58 Å². The van der Waals surface area contributed by atoms with Crippen LogP contribution in [0.4, 0.5) is 0 Å². The van der Waals surface area contributed by atoms with E-state index in [1.807, 2.05) is 26.0 Å². The Morgan fingerprint density at radius 3 is 2.45 bits per heavy atom. The minimum atomic E-state index is -0.185. The summed E-state index contributed by atoms with van der Waals surface area (Å²) in [5, 5.41) is 0.795. The molecule has 3 rings (SSSR count). The number of halogens is 2. The van der Waals surface area contributed by atoms with Gasteiger partial charge in [-0.25, -0.2) is 0 Å². The fraction of sp³-hybridized carbons (Fsp3) is 0.217. The molecule has 0 spiro atoms. The Balaban J connectivity index is 1.75. The molecule has 0 saturated carbocycles. The van der Waals surface area contributed by atoms with Gasteiger partial charge in [0.25, 0.3) is 5.91 Å². The number of rotatable bonds is 8. The zero-order valence-corrected chi connectivity index (χ0v) is 20.3. The first-order chi connectivity index (χ1) is 14.8. The lowest BCUT2D eigenvalue weighted by Crippen LogP contribution is -2.27. The van der Waals surface area contributed by atoms with Crippen molar-refractivity contribution in [3.8, 4) is 11.5 Å². The summed E-state index contributed by atoms with van der Waals surface area (Å²) < 4.78 is 12.2. The highest BCUT2D eigenvalue weighted by Gasteiger charge is 2.31. The number of benzene rings is 2. The molecule has 1 amide bonds. The van der Waals surface area contributed by atoms with Gasteiger partial charge in [0.1, 0.15) is 29.0 Å². The molecule has 1 aliphatic rings. The van der Waals surface area contributed by atoms with Crippen LogP contribution in [-0.4, -0.2) is 34.9 Å². The van der Waals surface area contributed by atoms with Gasteiger partial charge in [-0.2, -0.15) is 0 Å². The van der Waals surface area contributed by atoms with Gasteiger partial charge < -0.3 is 9.47 Å². The van der Waals surface area contributed by atoms with Gasteiger partial charge in [-0.1, -0.05) is 59.3 Å². The molecule has 0 aliphatic carbocycles. The second-order valence-electron chi connectivity index (χ2n) is 6.91. The maximum atomic E-state index is 12.6. The van der Waals surface area contributed by atoms with Crippen molar-refractivity contribution in [3.63, 3.8) is 0 Å². The maximum absolute atomic E-state index is 12.6. The summed E-state index contributed by atoms with van der Waals surface area (Å²) in [7, 11) is 0. The van der Waals surface area contributed by atoms with Crippen molar-refractivity contribution < 1.29 is 14.3 Å². The molecule has 0 unspecified atom stereocenters. The third kappa shape index (κ3) is 6.04. The zero-order chi connectivity index (χ0) is 22.5. The Kier molecular flexibility index (Phi) is 8.06. The third-order valence-electron chi connectivity index (χ3n) is 4.30. The number of carbonyl (C=O) groups excluding carboxylic acids is 1. The van der Waals surface area contributed by atoms with E-state index in [1.165, 1.54) is 16.7 Å². The van der Waals surface area contributed by atoms with Crippen molar-refractivity contribution in [2.45, 2.75) is 13.8 Å². The van der Waals surface area contributed by atoms with Crippen molar-refractivity contribution in [2.24, 2.45) is 0 Å². The summed E-state index contributed by atoms with van der Waals surface area (Å²) in [6, 6.07) is 9.33. The van der Waals surface area contributed by atoms with E-state index in [9.17, 15) is 4.79 Å². The lowest BCUT2D eigenvalue weighted by atomic mass is 10.1.